The molecule has 1 aromatic rings. The Bertz CT molecular complexity index is 320. The maximum atomic E-state index is 5.37. The van der Waals surface area contributed by atoms with Crippen molar-refractivity contribution >= 4 is 11.8 Å². The molecule has 0 bridgehead atoms. The fourth-order valence-corrected chi connectivity index (χ4v) is 2.52. The van der Waals surface area contributed by atoms with E-state index in [0.29, 0.717) is 6.04 Å². The molecule has 0 fully saturated rings. The van der Waals surface area contributed by atoms with Crippen LogP contribution in [0.5, 0.6) is 5.75 Å². The number of nitrogens with zero attached hydrogens (tertiary/aromatic N) is 2. The minimum Gasteiger partial charge on any atom is -0.493 e. The highest BCUT2D eigenvalue weighted by Crippen LogP contribution is 2.26. The van der Waals surface area contributed by atoms with E-state index in [2.05, 4.69) is 24.3 Å². The molecule has 1 heterocycles. The zero-order chi connectivity index (χ0) is 12.7. The predicted molar refractivity (Wildman–Crippen MR) is 73.8 cm³/mol. The summed E-state index contributed by atoms with van der Waals surface area (Å²) in [4.78, 5) is 0. The zero-order valence-corrected chi connectivity index (χ0v) is 12.0. The molecule has 0 radical (unpaired) electrons. The molecule has 0 saturated heterocycles. The number of hydrogen-bond donors (Lipinski definition) is 1. The van der Waals surface area contributed by atoms with Gasteiger partial charge in [0.15, 0.2) is 5.75 Å². The van der Waals surface area contributed by atoms with Crippen molar-refractivity contribution in [3.8, 4) is 5.75 Å². The average Bonchev–Trinajstić information content (AvgIpc) is 2.71. The Balaban J connectivity index is 2.81. The Morgan fingerprint density at radius 2 is 2.29 bits per heavy atom. The quantitative estimate of drug-likeness (QED) is 0.775. The van der Waals surface area contributed by atoms with Gasteiger partial charge in [-0.05, 0) is 18.7 Å². The largest absolute Gasteiger partial charge is 0.493 e. The highest BCUT2D eigenvalue weighted by molar-refractivity contribution is 7.99. The van der Waals surface area contributed by atoms with Crippen LogP contribution in [-0.4, -0.2) is 34.9 Å². The predicted octanol–water partition coefficient (Wildman–Crippen LogP) is 2.22. The molecular weight excluding hydrogens is 234 g/mol. The summed E-state index contributed by atoms with van der Waals surface area (Å²) in [5.41, 5.74) is 1.14. The first-order valence-corrected chi connectivity index (χ1v) is 7.27. The molecule has 1 unspecified atom stereocenters. The molecule has 0 aliphatic rings. The fraction of sp³-hybridized carbons (Fsp3) is 0.750. The van der Waals surface area contributed by atoms with Gasteiger partial charge < -0.3 is 10.1 Å². The van der Waals surface area contributed by atoms with Gasteiger partial charge in [-0.15, -0.1) is 0 Å². The topological polar surface area (TPSA) is 39.1 Å². The minimum absolute atomic E-state index is 0.308. The molecule has 1 rings (SSSR count). The van der Waals surface area contributed by atoms with Crippen LogP contribution < -0.4 is 10.1 Å². The summed E-state index contributed by atoms with van der Waals surface area (Å²) < 4.78 is 7.28. The molecule has 5 heteroatoms. The van der Waals surface area contributed by atoms with E-state index in [-0.39, 0.29) is 0 Å². The smallest absolute Gasteiger partial charge is 0.161 e. The number of rotatable bonds is 8. The van der Waals surface area contributed by atoms with Crippen molar-refractivity contribution in [3.63, 3.8) is 0 Å². The first-order valence-electron chi connectivity index (χ1n) is 6.11. The number of ether oxygens (including phenoxy) is 1. The first kappa shape index (κ1) is 14.4. The maximum Gasteiger partial charge on any atom is 0.161 e. The third kappa shape index (κ3) is 3.92. The lowest BCUT2D eigenvalue weighted by atomic mass is 10.2. The van der Waals surface area contributed by atoms with Gasteiger partial charge in [0.1, 0.15) is 0 Å². The SMILES string of the molecule is CCCNC(CSCC)c1c(OC)cnn1C. The third-order valence-electron chi connectivity index (χ3n) is 2.63. The maximum absolute atomic E-state index is 5.37. The normalized spacial score (nSPS) is 12.7. The van der Waals surface area contributed by atoms with Gasteiger partial charge in [-0.2, -0.15) is 16.9 Å². The van der Waals surface area contributed by atoms with Crippen molar-refractivity contribution in [1.82, 2.24) is 15.1 Å². The molecule has 0 aliphatic carbocycles. The van der Waals surface area contributed by atoms with Gasteiger partial charge in [0, 0.05) is 12.8 Å². The summed E-state index contributed by atoms with van der Waals surface area (Å²) in [6.07, 6.45) is 2.92. The Morgan fingerprint density at radius 3 is 2.88 bits per heavy atom. The van der Waals surface area contributed by atoms with Gasteiger partial charge in [-0.25, -0.2) is 0 Å². The van der Waals surface area contributed by atoms with E-state index in [4.69, 9.17) is 4.74 Å². The number of hydrogen-bond acceptors (Lipinski definition) is 4. The molecule has 4 nitrogen and oxygen atoms in total. The summed E-state index contributed by atoms with van der Waals surface area (Å²) in [6.45, 7) is 5.38. The number of aryl methyl sites for hydroxylation is 1. The molecule has 98 valence electrons. The zero-order valence-electron chi connectivity index (χ0n) is 11.2. The molecule has 1 N–H and O–H groups in total. The second kappa shape index (κ2) is 7.61. The van der Waals surface area contributed by atoms with Gasteiger partial charge in [-0.3, -0.25) is 4.68 Å². The van der Waals surface area contributed by atoms with Crippen molar-refractivity contribution in [1.29, 1.82) is 0 Å². The Hall–Kier alpha value is -0.680. The number of nitrogens with one attached hydrogen (secondary N) is 1. The standard InChI is InChI=1S/C12H23N3OS/c1-5-7-13-10(9-17-6-2)12-11(16-4)8-14-15(12)3/h8,10,13H,5-7,9H2,1-4H3. The fourth-order valence-electron chi connectivity index (χ4n) is 1.77. The lowest BCUT2D eigenvalue weighted by Gasteiger charge is -2.19. The number of thioether (sulfide) groups is 1. The van der Waals surface area contributed by atoms with Gasteiger partial charge in [-0.1, -0.05) is 13.8 Å². The van der Waals surface area contributed by atoms with Crippen LogP contribution >= 0.6 is 11.8 Å². The van der Waals surface area contributed by atoms with Crippen LogP contribution in [0.2, 0.25) is 0 Å². The molecule has 17 heavy (non-hydrogen) atoms. The molecule has 0 saturated carbocycles. The first-order chi connectivity index (χ1) is 8.24. The highest BCUT2D eigenvalue weighted by atomic mass is 32.2. The molecule has 0 aliphatic heterocycles. The van der Waals surface area contributed by atoms with Gasteiger partial charge >= 0.3 is 0 Å². The summed E-state index contributed by atoms with van der Waals surface area (Å²) in [7, 11) is 3.67. The molecule has 0 aromatic carbocycles. The Labute approximate surface area is 108 Å². The van der Waals surface area contributed by atoms with E-state index in [0.717, 1.165) is 35.9 Å². The van der Waals surface area contributed by atoms with Crippen LogP contribution in [0.15, 0.2) is 6.20 Å². The van der Waals surface area contributed by atoms with E-state index in [9.17, 15) is 0 Å². The van der Waals surface area contributed by atoms with Crippen molar-refractivity contribution in [2.75, 3.05) is 25.2 Å². The van der Waals surface area contributed by atoms with E-state index in [1.807, 2.05) is 23.5 Å². The van der Waals surface area contributed by atoms with Crippen LogP contribution in [0.4, 0.5) is 0 Å². The average molecular weight is 257 g/mol. The van der Waals surface area contributed by atoms with Crippen LogP contribution in [0.1, 0.15) is 32.0 Å². The Kier molecular flexibility index (Phi) is 6.44. The van der Waals surface area contributed by atoms with Crippen molar-refractivity contribution < 1.29 is 4.74 Å². The highest BCUT2D eigenvalue weighted by Gasteiger charge is 2.19. The minimum atomic E-state index is 0.308. The molecule has 0 spiro atoms. The lowest BCUT2D eigenvalue weighted by Crippen LogP contribution is -2.26. The van der Waals surface area contributed by atoms with E-state index < -0.39 is 0 Å². The molecular formula is C12H23N3OS. The van der Waals surface area contributed by atoms with Crippen molar-refractivity contribution in [2.45, 2.75) is 26.3 Å². The molecule has 0 amide bonds. The molecule has 1 aromatic heterocycles. The lowest BCUT2D eigenvalue weighted by molar-refractivity contribution is 0.398. The van der Waals surface area contributed by atoms with Gasteiger partial charge in [0.25, 0.3) is 0 Å². The summed E-state index contributed by atoms with van der Waals surface area (Å²) >= 11 is 1.93. The van der Waals surface area contributed by atoms with Crippen LogP contribution in [0.3, 0.4) is 0 Å². The second-order valence-electron chi connectivity index (χ2n) is 3.89. The summed E-state index contributed by atoms with van der Waals surface area (Å²) in [5, 5.41) is 7.83. The van der Waals surface area contributed by atoms with Crippen LogP contribution in [0.25, 0.3) is 0 Å². The van der Waals surface area contributed by atoms with Gasteiger partial charge in [0.05, 0.1) is 25.0 Å². The monoisotopic (exact) mass is 257 g/mol. The number of methoxy groups -OCH3 is 1. The van der Waals surface area contributed by atoms with E-state index in [1.54, 1.807) is 13.3 Å². The molecule has 1 atom stereocenters. The van der Waals surface area contributed by atoms with Crippen LogP contribution in [-0.2, 0) is 7.05 Å². The summed E-state index contributed by atoms with van der Waals surface area (Å²) in [5.74, 6) is 3.05. The number of aromatic nitrogens is 2. The third-order valence-corrected chi connectivity index (χ3v) is 3.61. The van der Waals surface area contributed by atoms with Crippen molar-refractivity contribution in [2.24, 2.45) is 7.05 Å². The van der Waals surface area contributed by atoms with Gasteiger partial charge in [0.2, 0.25) is 0 Å². The Morgan fingerprint density at radius 1 is 1.53 bits per heavy atom. The van der Waals surface area contributed by atoms with Crippen molar-refractivity contribution in [3.05, 3.63) is 11.9 Å². The second-order valence-corrected chi connectivity index (χ2v) is 5.21. The van der Waals surface area contributed by atoms with E-state index in [1.165, 1.54) is 0 Å². The summed E-state index contributed by atoms with van der Waals surface area (Å²) in [6, 6.07) is 0.308. The van der Waals surface area contributed by atoms with Crippen LogP contribution in [0, 0.1) is 0 Å². The van der Waals surface area contributed by atoms with E-state index >= 15 is 0 Å².